The molecule has 5 nitrogen and oxygen atoms in total. The molecule has 1 saturated heterocycles. The van der Waals surface area contributed by atoms with Gasteiger partial charge in [0.15, 0.2) is 0 Å². The van der Waals surface area contributed by atoms with Crippen molar-refractivity contribution in [3.05, 3.63) is 53.9 Å². The Balaban J connectivity index is 1.31. The lowest BCUT2D eigenvalue weighted by molar-refractivity contribution is -0.134. The van der Waals surface area contributed by atoms with Crippen molar-refractivity contribution in [1.29, 1.82) is 0 Å². The number of likely N-dealkylation sites (tertiary alicyclic amines) is 1. The molecule has 3 heterocycles. The van der Waals surface area contributed by atoms with E-state index in [1.807, 2.05) is 21.8 Å². The second-order valence-electron chi connectivity index (χ2n) is 6.17. The van der Waals surface area contributed by atoms with Gasteiger partial charge in [-0.1, -0.05) is 24.3 Å². The summed E-state index contributed by atoms with van der Waals surface area (Å²) in [6.45, 7) is 3.95. The van der Waals surface area contributed by atoms with Crippen LogP contribution in [0.15, 0.2) is 42.7 Å². The van der Waals surface area contributed by atoms with Crippen LogP contribution < -0.4 is 0 Å². The lowest BCUT2D eigenvalue weighted by Crippen LogP contribution is -2.52. The van der Waals surface area contributed by atoms with Crippen LogP contribution >= 0.6 is 0 Å². The van der Waals surface area contributed by atoms with Gasteiger partial charge < -0.3 is 4.90 Å². The average Bonchev–Trinajstić information content (AvgIpc) is 3.03. The molecule has 22 heavy (non-hydrogen) atoms. The van der Waals surface area contributed by atoms with Gasteiger partial charge in [0.2, 0.25) is 5.91 Å². The number of hydrogen-bond acceptors (Lipinski definition) is 3. The summed E-state index contributed by atoms with van der Waals surface area (Å²) in [6, 6.07) is 10.8. The molecule has 2 aromatic rings. The number of hydrogen-bond donors (Lipinski definition) is 0. The lowest BCUT2D eigenvalue weighted by atomic mass is 10.00. The molecule has 4 rings (SSSR count). The topological polar surface area (TPSA) is 41.4 Å². The molecule has 1 amide bonds. The van der Waals surface area contributed by atoms with Crippen molar-refractivity contribution in [2.45, 2.75) is 19.0 Å². The molecule has 0 saturated carbocycles. The first-order chi connectivity index (χ1) is 10.8. The quantitative estimate of drug-likeness (QED) is 0.858. The third-order valence-electron chi connectivity index (χ3n) is 4.68. The van der Waals surface area contributed by atoms with Crippen molar-refractivity contribution in [3.8, 4) is 0 Å². The molecule has 114 valence electrons. The van der Waals surface area contributed by atoms with Crippen LogP contribution in [0.3, 0.4) is 0 Å². The van der Waals surface area contributed by atoms with Gasteiger partial charge in [-0.05, 0) is 23.6 Å². The molecule has 0 N–H and O–H groups in total. The summed E-state index contributed by atoms with van der Waals surface area (Å²) in [5.41, 5.74) is 2.68. The van der Waals surface area contributed by atoms with Gasteiger partial charge in [-0.2, -0.15) is 5.10 Å². The van der Waals surface area contributed by atoms with Gasteiger partial charge in [-0.15, -0.1) is 0 Å². The SMILES string of the molecule is O=C(CN1CC(n2cccn2)C1)N1CCc2ccccc2C1. The van der Waals surface area contributed by atoms with Gasteiger partial charge in [0.05, 0.1) is 12.6 Å². The van der Waals surface area contributed by atoms with Gasteiger partial charge in [-0.25, -0.2) is 0 Å². The van der Waals surface area contributed by atoms with E-state index in [1.54, 1.807) is 6.20 Å². The van der Waals surface area contributed by atoms with E-state index in [9.17, 15) is 4.79 Å². The molecule has 2 aliphatic rings. The van der Waals surface area contributed by atoms with Crippen LogP contribution in [0.1, 0.15) is 17.2 Å². The van der Waals surface area contributed by atoms with Crippen LogP contribution in [0.2, 0.25) is 0 Å². The zero-order chi connectivity index (χ0) is 14.9. The second kappa shape index (κ2) is 5.57. The van der Waals surface area contributed by atoms with Gasteiger partial charge in [0.1, 0.15) is 0 Å². The van der Waals surface area contributed by atoms with E-state index in [2.05, 4.69) is 34.3 Å². The molecule has 0 unspecified atom stereocenters. The molecule has 1 aromatic heterocycles. The normalized spacial score (nSPS) is 18.8. The van der Waals surface area contributed by atoms with Crippen molar-refractivity contribution in [2.24, 2.45) is 0 Å². The molecule has 0 radical (unpaired) electrons. The average molecular weight is 296 g/mol. The highest BCUT2D eigenvalue weighted by atomic mass is 16.2. The zero-order valence-electron chi connectivity index (χ0n) is 12.6. The summed E-state index contributed by atoms with van der Waals surface area (Å²) in [7, 11) is 0. The van der Waals surface area contributed by atoms with Gasteiger partial charge in [-0.3, -0.25) is 14.4 Å². The smallest absolute Gasteiger partial charge is 0.237 e. The van der Waals surface area contributed by atoms with E-state index in [4.69, 9.17) is 0 Å². The van der Waals surface area contributed by atoms with Crippen molar-refractivity contribution < 1.29 is 4.79 Å². The van der Waals surface area contributed by atoms with Crippen LogP contribution in [0.4, 0.5) is 0 Å². The summed E-state index contributed by atoms with van der Waals surface area (Å²) in [4.78, 5) is 16.7. The number of aromatic nitrogens is 2. The number of amides is 1. The Labute approximate surface area is 130 Å². The molecular weight excluding hydrogens is 276 g/mol. The lowest BCUT2D eigenvalue weighted by Gasteiger charge is -2.40. The van der Waals surface area contributed by atoms with Crippen LogP contribution in [0.5, 0.6) is 0 Å². The highest BCUT2D eigenvalue weighted by Gasteiger charge is 2.31. The van der Waals surface area contributed by atoms with E-state index < -0.39 is 0 Å². The summed E-state index contributed by atoms with van der Waals surface area (Å²) in [5.74, 6) is 0.244. The fraction of sp³-hybridized carbons (Fsp3) is 0.412. The first-order valence-electron chi connectivity index (χ1n) is 7.85. The summed E-state index contributed by atoms with van der Waals surface area (Å²) in [6.07, 6.45) is 4.77. The highest BCUT2D eigenvalue weighted by Crippen LogP contribution is 2.22. The largest absolute Gasteiger partial charge is 0.337 e. The van der Waals surface area contributed by atoms with Crippen LogP contribution in [-0.2, 0) is 17.8 Å². The van der Waals surface area contributed by atoms with Crippen LogP contribution in [-0.4, -0.2) is 51.7 Å². The van der Waals surface area contributed by atoms with Gasteiger partial charge in [0, 0.05) is 38.6 Å². The minimum absolute atomic E-state index is 0.244. The van der Waals surface area contributed by atoms with Crippen molar-refractivity contribution >= 4 is 5.91 Å². The number of nitrogens with zero attached hydrogens (tertiary/aromatic N) is 4. The van der Waals surface area contributed by atoms with Crippen molar-refractivity contribution in [2.75, 3.05) is 26.2 Å². The molecule has 2 aliphatic heterocycles. The number of benzene rings is 1. The molecule has 1 fully saturated rings. The molecular formula is C17H20N4O. The Bertz CT molecular complexity index is 661. The Morgan fingerprint density at radius 2 is 2.00 bits per heavy atom. The second-order valence-corrected chi connectivity index (χ2v) is 6.17. The van der Waals surface area contributed by atoms with Crippen LogP contribution in [0.25, 0.3) is 0 Å². The summed E-state index contributed by atoms with van der Waals surface area (Å²) >= 11 is 0. The maximum Gasteiger partial charge on any atom is 0.237 e. The Hall–Kier alpha value is -2.14. The third kappa shape index (κ3) is 2.52. The Morgan fingerprint density at radius 1 is 1.18 bits per heavy atom. The first kappa shape index (κ1) is 13.5. The van der Waals surface area contributed by atoms with E-state index in [0.717, 1.165) is 32.6 Å². The van der Waals surface area contributed by atoms with E-state index in [-0.39, 0.29) is 5.91 Å². The predicted octanol–water partition coefficient (Wildman–Crippen LogP) is 1.32. The molecule has 0 spiro atoms. The fourth-order valence-corrected chi connectivity index (χ4v) is 3.34. The molecule has 5 heteroatoms. The zero-order valence-corrected chi connectivity index (χ0v) is 12.6. The molecule has 0 atom stereocenters. The minimum atomic E-state index is 0.244. The Kier molecular flexibility index (Phi) is 3.42. The van der Waals surface area contributed by atoms with Crippen LogP contribution in [0, 0.1) is 0 Å². The summed E-state index contributed by atoms with van der Waals surface area (Å²) < 4.78 is 1.98. The fourth-order valence-electron chi connectivity index (χ4n) is 3.34. The standard InChI is InChI=1S/C17H20N4O/c22-17(13-19-11-16(12-19)21-8-3-7-18-21)20-9-6-14-4-1-2-5-15(14)10-20/h1-5,7-8,16H,6,9-13H2. The van der Waals surface area contributed by atoms with E-state index in [0.29, 0.717) is 12.6 Å². The number of carbonyl (C=O) groups excluding carboxylic acids is 1. The maximum absolute atomic E-state index is 12.5. The predicted molar refractivity (Wildman–Crippen MR) is 83.3 cm³/mol. The first-order valence-corrected chi connectivity index (χ1v) is 7.85. The van der Waals surface area contributed by atoms with Crippen molar-refractivity contribution in [3.63, 3.8) is 0 Å². The Morgan fingerprint density at radius 3 is 2.77 bits per heavy atom. The number of fused-ring (bicyclic) bond motifs is 1. The molecule has 0 bridgehead atoms. The molecule has 1 aromatic carbocycles. The third-order valence-corrected chi connectivity index (χ3v) is 4.68. The van der Waals surface area contributed by atoms with E-state index >= 15 is 0 Å². The molecule has 0 aliphatic carbocycles. The number of rotatable bonds is 3. The maximum atomic E-state index is 12.5. The summed E-state index contributed by atoms with van der Waals surface area (Å²) in [5, 5.41) is 4.26. The van der Waals surface area contributed by atoms with Gasteiger partial charge >= 0.3 is 0 Å². The van der Waals surface area contributed by atoms with Gasteiger partial charge in [0.25, 0.3) is 0 Å². The van der Waals surface area contributed by atoms with Crippen molar-refractivity contribution in [1.82, 2.24) is 19.6 Å². The monoisotopic (exact) mass is 296 g/mol. The minimum Gasteiger partial charge on any atom is -0.337 e. The number of carbonyl (C=O) groups is 1. The highest BCUT2D eigenvalue weighted by molar-refractivity contribution is 5.78. The van der Waals surface area contributed by atoms with E-state index in [1.165, 1.54) is 11.1 Å².